The lowest BCUT2D eigenvalue weighted by atomic mass is 9.98. The number of rotatable bonds is 6. The maximum atomic E-state index is 6.47. The Labute approximate surface area is 332 Å². The van der Waals surface area contributed by atoms with Gasteiger partial charge in [-0.15, -0.1) is 0 Å². The van der Waals surface area contributed by atoms with Crippen LogP contribution in [0.4, 0.5) is 17.1 Å². The molecule has 12 aromatic rings. The van der Waals surface area contributed by atoms with E-state index in [4.69, 9.17) is 18.2 Å². The van der Waals surface area contributed by atoms with Gasteiger partial charge in [0.05, 0.1) is 0 Å². The molecule has 5 nitrogen and oxygen atoms in total. The number of fused-ring (bicyclic) bond motifs is 8. The van der Waals surface area contributed by atoms with Gasteiger partial charge in [-0.2, -0.15) is 0 Å². The summed E-state index contributed by atoms with van der Waals surface area (Å²) in [5.41, 5.74) is 13.3. The Morgan fingerprint density at radius 1 is 0.345 bits per heavy atom. The number of furan rings is 2. The first-order valence-corrected chi connectivity index (χ1v) is 19.4. The van der Waals surface area contributed by atoms with Crippen molar-refractivity contribution < 1.29 is 13.3 Å². The van der Waals surface area contributed by atoms with Crippen LogP contribution >= 0.6 is 0 Å². The van der Waals surface area contributed by atoms with Crippen LogP contribution in [0.2, 0.25) is 0 Å². The van der Waals surface area contributed by atoms with Crippen LogP contribution in [0.3, 0.4) is 0 Å². The van der Waals surface area contributed by atoms with E-state index < -0.39 is 0 Å². The summed E-state index contributed by atoms with van der Waals surface area (Å²) >= 11 is 0. The quantitative estimate of drug-likeness (QED) is 0.170. The van der Waals surface area contributed by atoms with Gasteiger partial charge in [0.1, 0.15) is 27.8 Å². The van der Waals surface area contributed by atoms with Crippen LogP contribution in [0.15, 0.2) is 207 Å². The zero-order valence-electron chi connectivity index (χ0n) is 31.1. The number of aromatic nitrogens is 1. The number of hydrogen-bond donors (Lipinski definition) is 0. The molecule has 0 saturated heterocycles. The molecule has 0 bridgehead atoms. The molecule has 3 heterocycles. The minimum atomic E-state index is 0.590. The molecule has 0 fully saturated rings. The van der Waals surface area contributed by atoms with Crippen LogP contribution in [0.5, 0.6) is 0 Å². The van der Waals surface area contributed by atoms with Gasteiger partial charge in [0.15, 0.2) is 5.58 Å². The highest BCUT2D eigenvalue weighted by molar-refractivity contribution is 6.15. The average molecular weight is 745 g/mol. The fraction of sp³-hybridized carbons (Fsp3) is 0. The van der Waals surface area contributed by atoms with Crippen molar-refractivity contribution in [1.82, 2.24) is 4.98 Å². The molecule has 0 aliphatic heterocycles. The van der Waals surface area contributed by atoms with Gasteiger partial charge < -0.3 is 18.2 Å². The third-order valence-electron chi connectivity index (χ3n) is 11.3. The Bertz CT molecular complexity index is 3500. The molecule has 0 radical (unpaired) electrons. The van der Waals surface area contributed by atoms with Gasteiger partial charge in [0.2, 0.25) is 5.89 Å². The molecule has 12 rings (SSSR count). The second-order valence-electron chi connectivity index (χ2n) is 14.8. The molecule has 0 unspecified atom stereocenters. The highest BCUT2D eigenvalue weighted by Crippen LogP contribution is 2.42. The average Bonchev–Trinajstić information content (AvgIpc) is 3.99. The van der Waals surface area contributed by atoms with Crippen LogP contribution in [0.25, 0.3) is 99.5 Å². The molecule has 3 aromatic heterocycles. The Morgan fingerprint density at radius 2 is 0.983 bits per heavy atom. The van der Waals surface area contributed by atoms with E-state index in [-0.39, 0.29) is 0 Å². The topological polar surface area (TPSA) is 55.6 Å². The van der Waals surface area contributed by atoms with Crippen LogP contribution in [-0.2, 0) is 0 Å². The molecule has 0 saturated carbocycles. The summed E-state index contributed by atoms with van der Waals surface area (Å²) in [7, 11) is 0. The summed E-state index contributed by atoms with van der Waals surface area (Å²) in [5, 5.41) is 6.59. The van der Waals surface area contributed by atoms with E-state index in [1.54, 1.807) is 0 Å². The fourth-order valence-electron chi connectivity index (χ4n) is 8.46. The van der Waals surface area contributed by atoms with Crippen LogP contribution < -0.4 is 4.90 Å². The van der Waals surface area contributed by atoms with Crippen molar-refractivity contribution in [1.29, 1.82) is 0 Å². The highest BCUT2D eigenvalue weighted by atomic mass is 16.4. The van der Waals surface area contributed by atoms with Crippen molar-refractivity contribution in [2.75, 3.05) is 4.90 Å². The van der Waals surface area contributed by atoms with Crippen molar-refractivity contribution in [2.45, 2.75) is 0 Å². The van der Waals surface area contributed by atoms with E-state index in [1.165, 1.54) is 16.5 Å². The standard InChI is InChI=1S/C53H32N2O3/c1-2-9-33(10-3-1)35-19-23-39(24-20-35)55(41-27-28-44-43-13-6-7-15-47(43)56-49(44)30-41)40-25-21-36(22-26-40)42-14-8-16-48-52(42)45-31-46-51(32-50(45)57-48)58-53(54-46)38-18-17-34-11-4-5-12-37(34)29-38/h1-32H. The van der Waals surface area contributed by atoms with E-state index in [9.17, 15) is 0 Å². The number of nitrogens with zero attached hydrogens (tertiary/aromatic N) is 2. The first kappa shape index (κ1) is 32.4. The number of benzene rings is 9. The van der Waals surface area contributed by atoms with Crippen molar-refractivity contribution in [2.24, 2.45) is 0 Å². The van der Waals surface area contributed by atoms with Gasteiger partial charge in [0, 0.05) is 56.3 Å². The normalized spacial score (nSPS) is 11.8. The van der Waals surface area contributed by atoms with E-state index in [0.29, 0.717) is 11.5 Å². The minimum absolute atomic E-state index is 0.590. The zero-order chi connectivity index (χ0) is 38.2. The lowest BCUT2D eigenvalue weighted by Crippen LogP contribution is -2.09. The predicted octanol–water partition coefficient (Wildman–Crippen LogP) is 15.3. The molecule has 0 N–H and O–H groups in total. The number of oxazole rings is 1. The molecule has 272 valence electrons. The van der Waals surface area contributed by atoms with E-state index in [2.05, 4.69) is 163 Å². The van der Waals surface area contributed by atoms with E-state index >= 15 is 0 Å². The summed E-state index contributed by atoms with van der Waals surface area (Å²) in [6, 6.07) is 67.6. The van der Waals surface area contributed by atoms with Crippen molar-refractivity contribution in [3.05, 3.63) is 194 Å². The van der Waals surface area contributed by atoms with Gasteiger partial charge in [-0.1, -0.05) is 115 Å². The zero-order valence-corrected chi connectivity index (χ0v) is 31.1. The summed E-state index contributed by atoms with van der Waals surface area (Å²) < 4.78 is 19.1. The maximum absolute atomic E-state index is 6.47. The number of para-hydroxylation sites is 1. The monoisotopic (exact) mass is 744 g/mol. The second-order valence-corrected chi connectivity index (χ2v) is 14.8. The smallest absolute Gasteiger partial charge is 0.227 e. The molecule has 0 spiro atoms. The first-order valence-electron chi connectivity index (χ1n) is 19.4. The van der Waals surface area contributed by atoms with Crippen molar-refractivity contribution >= 4 is 82.8 Å². The Balaban J connectivity index is 0.948. The molecule has 0 aliphatic rings. The van der Waals surface area contributed by atoms with Gasteiger partial charge in [0.25, 0.3) is 0 Å². The van der Waals surface area contributed by atoms with Gasteiger partial charge >= 0.3 is 0 Å². The molecule has 0 atom stereocenters. The van der Waals surface area contributed by atoms with Crippen molar-refractivity contribution in [3.63, 3.8) is 0 Å². The third kappa shape index (κ3) is 5.29. The van der Waals surface area contributed by atoms with Gasteiger partial charge in [-0.25, -0.2) is 4.98 Å². The number of hydrogen-bond acceptors (Lipinski definition) is 5. The SMILES string of the molecule is c1ccc(-c2ccc(N(c3ccc(-c4cccc5oc6cc7oc(-c8ccc9ccccc9c8)nc7cc6c45)cc3)c3ccc4c(c3)oc3ccccc34)cc2)cc1. The first-order chi connectivity index (χ1) is 28.7. The lowest BCUT2D eigenvalue weighted by Gasteiger charge is -2.26. The van der Waals surface area contributed by atoms with Gasteiger partial charge in [-0.3, -0.25) is 0 Å². The predicted molar refractivity (Wildman–Crippen MR) is 237 cm³/mol. The van der Waals surface area contributed by atoms with E-state index in [0.717, 1.165) is 88.5 Å². The summed E-state index contributed by atoms with van der Waals surface area (Å²) in [6.45, 7) is 0. The largest absolute Gasteiger partial charge is 0.456 e. The summed E-state index contributed by atoms with van der Waals surface area (Å²) in [5.74, 6) is 0.590. The van der Waals surface area contributed by atoms with Crippen LogP contribution in [0, 0.1) is 0 Å². The van der Waals surface area contributed by atoms with Gasteiger partial charge in [-0.05, 0) is 99.8 Å². The molecule has 0 aliphatic carbocycles. The Kier molecular flexibility index (Phi) is 7.16. The molecular formula is C53H32N2O3. The third-order valence-corrected chi connectivity index (χ3v) is 11.3. The Hall–Kier alpha value is -7.89. The molecular weight excluding hydrogens is 713 g/mol. The highest BCUT2D eigenvalue weighted by Gasteiger charge is 2.19. The molecule has 0 amide bonds. The molecule has 9 aromatic carbocycles. The van der Waals surface area contributed by atoms with Crippen LogP contribution in [0.1, 0.15) is 0 Å². The molecule has 58 heavy (non-hydrogen) atoms. The fourth-order valence-corrected chi connectivity index (χ4v) is 8.46. The van der Waals surface area contributed by atoms with Crippen LogP contribution in [-0.4, -0.2) is 4.98 Å². The number of anilines is 3. The Morgan fingerprint density at radius 3 is 1.83 bits per heavy atom. The minimum Gasteiger partial charge on any atom is -0.456 e. The summed E-state index contributed by atoms with van der Waals surface area (Å²) in [6.07, 6.45) is 0. The van der Waals surface area contributed by atoms with E-state index in [1.807, 2.05) is 36.4 Å². The molecule has 5 heteroatoms. The lowest BCUT2D eigenvalue weighted by molar-refractivity contribution is 0.617. The van der Waals surface area contributed by atoms with Crippen molar-refractivity contribution in [3.8, 4) is 33.7 Å². The second kappa shape index (κ2) is 12.8. The summed E-state index contributed by atoms with van der Waals surface area (Å²) in [4.78, 5) is 7.24. The maximum Gasteiger partial charge on any atom is 0.227 e.